The standard InChI is InChI=1S/C24H28N6O3S/c1-27-13-15-28(16-14-27)19-7-9-20(10-8-19)30-23-18(17-26-24(30)25)11-12-29(23)34(31,32)22-6-4-3-5-21(22)33-2/h3-12,17,24H,13-16,25H2,1-2H3. The number of likely N-dealkylation sites (N-methyl/N-ethyl adjacent to an activating group) is 1. The van der Waals surface area contributed by atoms with Gasteiger partial charge in [-0.2, -0.15) is 0 Å². The van der Waals surface area contributed by atoms with Gasteiger partial charge in [0.25, 0.3) is 10.0 Å². The van der Waals surface area contributed by atoms with E-state index in [2.05, 4.69) is 21.8 Å². The van der Waals surface area contributed by atoms with Gasteiger partial charge < -0.3 is 14.5 Å². The fraction of sp³-hybridized carbons (Fsp3) is 0.292. The summed E-state index contributed by atoms with van der Waals surface area (Å²) < 4.78 is 33.9. The third-order valence-electron chi connectivity index (χ3n) is 6.32. The van der Waals surface area contributed by atoms with E-state index < -0.39 is 16.3 Å². The van der Waals surface area contributed by atoms with Crippen molar-refractivity contribution < 1.29 is 13.2 Å². The molecule has 1 aromatic heterocycles. The van der Waals surface area contributed by atoms with Crippen molar-refractivity contribution in [1.29, 1.82) is 0 Å². The molecule has 178 valence electrons. The number of benzene rings is 2. The van der Waals surface area contributed by atoms with E-state index in [1.165, 1.54) is 23.3 Å². The number of piperazine rings is 1. The van der Waals surface area contributed by atoms with Crippen LogP contribution in [0.2, 0.25) is 0 Å². The summed E-state index contributed by atoms with van der Waals surface area (Å²) in [5.74, 6) is 0.725. The average molecular weight is 481 g/mol. The molecule has 1 saturated heterocycles. The Morgan fingerprint density at radius 2 is 1.65 bits per heavy atom. The number of nitrogens with zero attached hydrogens (tertiary/aromatic N) is 5. The van der Waals surface area contributed by atoms with Gasteiger partial charge in [0.2, 0.25) is 0 Å². The zero-order valence-electron chi connectivity index (χ0n) is 19.2. The third kappa shape index (κ3) is 3.83. The summed E-state index contributed by atoms with van der Waals surface area (Å²) >= 11 is 0. The number of rotatable bonds is 5. The molecule has 0 saturated carbocycles. The van der Waals surface area contributed by atoms with Crippen molar-refractivity contribution in [2.45, 2.75) is 11.2 Å². The Labute approximate surface area is 199 Å². The Morgan fingerprint density at radius 1 is 0.971 bits per heavy atom. The highest BCUT2D eigenvalue weighted by Crippen LogP contribution is 2.37. The van der Waals surface area contributed by atoms with E-state index in [1.54, 1.807) is 35.4 Å². The predicted octanol–water partition coefficient (Wildman–Crippen LogP) is 2.30. The molecule has 0 radical (unpaired) electrons. The maximum absolute atomic E-state index is 13.7. The average Bonchev–Trinajstić information content (AvgIpc) is 3.30. The Balaban J connectivity index is 1.54. The van der Waals surface area contributed by atoms with Gasteiger partial charge in [-0.1, -0.05) is 12.1 Å². The van der Waals surface area contributed by atoms with Crippen molar-refractivity contribution in [3.8, 4) is 5.75 Å². The van der Waals surface area contributed by atoms with E-state index in [-0.39, 0.29) is 10.6 Å². The molecule has 5 rings (SSSR count). The highest BCUT2D eigenvalue weighted by Gasteiger charge is 2.32. The van der Waals surface area contributed by atoms with E-state index in [1.807, 2.05) is 24.3 Å². The molecule has 0 spiro atoms. The monoisotopic (exact) mass is 480 g/mol. The summed E-state index contributed by atoms with van der Waals surface area (Å²) in [6.45, 7) is 3.97. The van der Waals surface area contributed by atoms with Gasteiger partial charge in [0.05, 0.1) is 7.11 Å². The number of hydrogen-bond acceptors (Lipinski definition) is 8. The van der Waals surface area contributed by atoms with Crippen molar-refractivity contribution in [3.63, 3.8) is 0 Å². The van der Waals surface area contributed by atoms with Crippen molar-refractivity contribution in [1.82, 2.24) is 8.87 Å². The summed E-state index contributed by atoms with van der Waals surface area (Å²) in [7, 11) is -0.371. The minimum absolute atomic E-state index is 0.0809. The molecule has 1 fully saturated rings. The highest BCUT2D eigenvalue weighted by molar-refractivity contribution is 7.90. The van der Waals surface area contributed by atoms with E-state index in [4.69, 9.17) is 10.5 Å². The Morgan fingerprint density at radius 3 is 2.35 bits per heavy atom. The Bertz CT molecular complexity index is 1310. The number of methoxy groups -OCH3 is 1. The van der Waals surface area contributed by atoms with Crippen LogP contribution < -0.4 is 20.3 Å². The summed E-state index contributed by atoms with van der Waals surface area (Å²) in [5, 5.41) is 0. The minimum atomic E-state index is -3.95. The molecule has 2 aromatic carbocycles. The summed E-state index contributed by atoms with van der Waals surface area (Å²) in [5.41, 5.74) is 8.93. The zero-order chi connectivity index (χ0) is 23.9. The fourth-order valence-corrected chi connectivity index (χ4v) is 5.92. The van der Waals surface area contributed by atoms with Crippen LogP contribution in [0.3, 0.4) is 0 Å². The number of nitrogens with two attached hydrogens (primary N) is 1. The van der Waals surface area contributed by atoms with Gasteiger partial charge in [0.15, 0.2) is 6.29 Å². The van der Waals surface area contributed by atoms with Gasteiger partial charge in [-0.25, -0.2) is 12.4 Å². The quantitative estimate of drug-likeness (QED) is 0.599. The Hall–Kier alpha value is -3.34. The molecule has 10 heteroatoms. The molecule has 1 unspecified atom stereocenters. The summed E-state index contributed by atoms with van der Waals surface area (Å²) in [6.07, 6.45) is 2.38. The van der Waals surface area contributed by atoms with Crippen molar-refractivity contribution >= 4 is 33.4 Å². The second kappa shape index (κ2) is 8.79. The van der Waals surface area contributed by atoms with Crippen LogP contribution >= 0.6 is 0 Å². The SMILES string of the molecule is COc1ccccc1S(=O)(=O)n1ccc2c1N(c1ccc(N3CCN(C)CC3)cc1)C(N)N=C2. The molecule has 1 atom stereocenters. The molecule has 3 heterocycles. The van der Waals surface area contributed by atoms with E-state index >= 15 is 0 Å². The Kier molecular flexibility index (Phi) is 5.80. The molecular weight excluding hydrogens is 452 g/mol. The lowest BCUT2D eigenvalue weighted by Gasteiger charge is -2.35. The molecule has 0 amide bonds. The summed E-state index contributed by atoms with van der Waals surface area (Å²) in [4.78, 5) is 10.9. The number of aromatic nitrogens is 1. The molecule has 0 aliphatic carbocycles. The van der Waals surface area contributed by atoms with Gasteiger partial charge in [0, 0.05) is 55.5 Å². The van der Waals surface area contributed by atoms with Crippen molar-refractivity contribution in [2.75, 3.05) is 50.1 Å². The van der Waals surface area contributed by atoms with E-state index in [0.29, 0.717) is 11.4 Å². The number of aliphatic imine (C=N–C) groups is 1. The predicted molar refractivity (Wildman–Crippen MR) is 134 cm³/mol. The lowest BCUT2D eigenvalue weighted by Crippen LogP contribution is -2.44. The van der Waals surface area contributed by atoms with Gasteiger partial charge in [0.1, 0.15) is 16.5 Å². The van der Waals surface area contributed by atoms with Crippen LogP contribution in [-0.2, 0) is 10.0 Å². The first-order valence-electron chi connectivity index (χ1n) is 11.1. The van der Waals surface area contributed by atoms with Gasteiger partial charge >= 0.3 is 0 Å². The molecule has 0 bridgehead atoms. The van der Waals surface area contributed by atoms with Crippen LogP contribution in [0.25, 0.3) is 0 Å². The van der Waals surface area contributed by atoms with Gasteiger partial charge in [-0.3, -0.25) is 15.6 Å². The number of fused-ring (bicyclic) bond motifs is 1. The zero-order valence-corrected chi connectivity index (χ0v) is 20.0. The normalized spacial score (nSPS) is 18.7. The van der Waals surface area contributed by atoms with Crippen LogP contribution in [0.5, 0.6) is 5.75 Å². The molecule has 9 nitrogen and oxygen atoms in total. The van der Waals surface area contributed by atoms with Gasteiger partial charge in [-0.05, 0) is 49.5 Å². The largest absolute Gasteiger partial charge is 0.495 e. The van der Waals surface area contributed by atoms with Gasteiger partial charge in [-0.15, -0.1) is 0 Å². The first-order chi connectivity index (χ1) is 16.4. The third-order valence-corrected chi connectivity index (χ3v) is 8.02. The summed E-state index contributed by atoms with van der Waals surface area (Å²) in [6, 6.07) is 16.3. The van der Waals surface area contributed by atoms with Crippen molar-refractivity contribution in [3.05, 3.63) is 66.4 Å². The van der Waals surface area contributed by atoms with Crippen LogP contribution in [-0.4, -0.2) is 70.1 Å². The molecule has 34 heavy (non-hydrogen) atoms. The van der Waals surface area contributed by atoms with Crippen LogP contribution in [0.1, 0.15) is 5.56 Å². The van der Waals surface area contributed by atoms with Crippen molar-refractivity contribution in [2.24, 2.45) is 10.7 Å². The molecule has 3 aromatic rings. The maximum atomic E-state index is 13.7. The second-order valence-electron chi connectivity index (χ2n) is 8.41. The molecule has 2 N–H and O–H groups in total. The first kappa shape index (κ1) is 22.5. The topological polar surface area (TPSA) is 96.4 Å². The van der Waals surface area contributed by atoms with E-state index in [0.717, 1.165) is 37.6 Å². The minimum Gasteiger partial charge on any atom is -0.495 e. The lowest BCUT2D eigenvalue weighted by molar-refractivity contribution is 0.313. The van der Waals surface area contributed by atoms with E-state index in [9.17, 15) is 8.42 Å². The molecule has 2 aliphatic heterocycles. The van der Waals surface area contributed by atoms with Crippen LogP contribution in [0.15, 0.2) is 70.7 Å². The number of anilines is 3. The maximum Gasteiger partial charge on any atom is 0.273 e. The van der Waals surface area contributed by atoms with Crippen LogP contribution in [0.4, 0.5) is 17.2 Å². The van der Waals surface area contributed by atoms with Crippen LogP contribution in [0, 0.1) is 0 Å². The lowest BCUT2D eigenvalue weighted by atomic mass is 10.2. The number of hydrogen-bond donors (Lipinski definition) is 1. The number of para-hydroxylation sites is 1. The second-order valence-corrected chi connectivity index (χ2v) is 10.2. The number of ether oxygens (including phenoxy) is 1. The highest BCUT2D eigenvalue weighted by atomic mass is 32.2. The first-order valence-corrected chi connectivity index (χ1v) is 12.6. The molecular formula is C24H28N6O3S. The molecule has 2 aliphatic rings. The smallest absolute Gasteiger partial charge is 0.273 e. The fourth-order valence-electron chi connectivity index (χ4n) is 4.41.